The monoisotopic (exact) mass is 341 g/mol. The minimum Gasteiger partial charge on any atom is -0.395 e. The summed E-state index contributed by atoms with van der Waals surface area (Å²) in [6.07, 6.45) is -13.7. The van der Waals surface area contributed by atoms with Gasteiger partial charge in [-0.15, -0.1) is 0 Å². The Morgan fingerprint density at radius 3 is 2.00 bits per heavy atom. The van der Waals surface area contributed by atoms with Crippen LogP contribution in [-0.4, -0.2) is 115 Å². The van der Waals surface area contributed by atoms with Crippen molar-refractivity contribution in [2.75, 3.05) is 13.2 Å². The Morgan fingerprint density at radius 1 is 0.783 bits per heavy atom. The topological polar surface area (TPSA) is 192 Å². The molecule has 0 aliphatic carbocycles. The van der Waals surface area contributed by atoms with Gasteiger partial charge < -0.3 is 50.3 Å². The predicted molar refractivity (Wildman–Crippen MR) is 70.7 cm³/mol. The summed E-state index contributed by atoms with van der Waals surface area (Å²) in [6.45, 7) is -1.22. The van der Waals surface area contributed by atoms with Gasteiger partial charge in [0.15, 0.2) is 6.29 Å². The van der Waals surface area contributed by atoms with Crippen LogP contribution in [0.15, 0.2) is 0 Å². The second kappa shape index (κ2) is 7.63. The van der Waals surface area contributed by atoms with Gasteiger partial charge in [-0.3, -0.25) is 5.32 Å². The Labute approximate surface area is 131 Å². The van der Waals surface area contributed by atoms with Crippen LogP contribution in [0.5, 0.6) is 0 Å². The van der Waals surface area contributed by atoms with E-state index in [0.29, 0.717) is 0 Å². The van der Waals surface area contributed by atoms with Crippen molar-refractivity contribution in [1.82, 2.24) is 5.32 Å². The van der Waals surface area contributed by atoms with Crippen molar-refractivity contribution >= 4 is 0 Å². The highest BCUT2D eigenvalue weighted by molar-refractivity contribution is 4.97. The highest BCUT2D eigenvalue weighted by Gasteiger charge is 2.49. The third-order valence-electron chi connectivity index (χ3n) is 4.13. The number of hydrogen-bond donors (Lipinski definition) is 9. The molecule has 2 aliphatic heterocycles. The van der Waals surface area contributed by atoms with E-state index in [4.69, 9.17) is 14.6 Å². The van der Waals surface area contributed by atoms with Crippen LogP contribution in [0, 0.1) is 0 Å². The van der Waals surface area contributed by atoms with E-state index in [-0.39, 0.29) is 0 Å². The molecule has 2 aliphatic rings. The maximum Gasteiger partial charge on any atom is 0.187 e. The van der Waals surface area contributed by atoms with Crippen LogP contribution in [0.4, 0.5) is 0 Å². The summed E-state index contributed by atoms with van der Waals surface area (Å²) in [5.41, 5.74) is 0. The molecule has 0 amide bonds. The molecule has 11 nitrogen and oxygen atoms in total. The molecule has 10 atom stereocenters. The van der Waals surface area contributed by atoms with Gasteiger partial charge in [-0.05, 0) is 0 Å². The average molecular weight is 341 g/mol. The summed E-state index contributed by atoms with van der Waals surface area (Å²) in [5, 5.41) is 79.2. The largest absolute Gasteiger partial charge is 0.395 e. The lowest BCUT2D eigenvalue weighted by atomic mass is 9.94. The molecule has 0 spiro atoms. The van der Waals surface area contributed by atoms with Crippen molar-refractivity contribution in [2.24, 2.45) is 0 Å². The lowest BCUT2D eigenvalue weighted by Crippen LogP contribution is -2.68. The van der Waals surface area contributed by atoms with E-state index < -0.39 is 74.5 Å². The zero-order valence-corrected chi connectivity index (χ0v) is 12.1. The maximum absolute atomic E-state index is 9.98. The molecule has 2 saturated heterocycles. The smallest absolute Gasteiger partial charge is 0.187 e. The van der Waals surface area contributed by atoms with Crippen LogP contribution in [0.25, 0.3) is 0 Å². The van der Waals surface area contributed by atoms with Gasteiger partial charge >= 0.3 is 0 Å². The highest BCUT2D eigenvalue weighted by atomic mass is 16.7. The molecule has 0 aromatic carbocycles. The second-order valence-electron chi connectivity index (χ2n) is 5.68. The molecule has 0 bridgehead atoms. The summed E-state index contributed by atoms with van der Waals surface area (Å²) in [5.74, 6) is 0. The third-order valence-corrected chi connectivity index (χ3v) is 4.13. The van der Waals surface area contributed by atoms with E-state index in [1.165, 1.54) is 0 Å². The summed E-state index contributed by atoms with van der Waals surface area (Å²) in [7, 11) is 0. The van der Waals surface area contributed by atoms with E-state index in [9.17, 15) is 35.7 Å². The number of aliphatic hydroxyl groups excluding tert-OH is 8. The molecule has 11 heteroatoms. The van der Waals surface area contributed by atoms with Crippen molar-refractivity contribution in [1.29, 1.82) is 0 Å². The van der Waals surface area contributed by atoms with Crippen molar-refractivity contribution in [3.05, 3.63) is 0 Å². The van der Waals surface area contributed by atoms with E-state index in [0.717, 1.165) is 0 Å². The number of piperidine rings is 1. The van der Waals surface area contributed by atoms with Gasteiger partial charge in [0.05, 0.1) is 19.3 Å². The average Bonchev–Trinajstić information content (AvgIpc) is 2.55. The van der Waals surface area contributed by atoms with Crippen LogP contribution in [0.2, 0.25) is 0 Å². The van der Waals surface area contributed by atoms with Crippen LogP contribution in [0.3, 0.4) is 0 Å². The minimum absolute atomic E-state index is 0.567. The number of rotatable bonds is 4. The van der Waals surface area contributed by atoms with E-state index >= 15 is 0 Å². The molecular weight excluding hydrogens is 318 g/mol. The highest BCUT2D eigenvalue weighted by Crippen LogP contribution is 2.26. The number of ether oxygens (including phenoxy) is 2. The second-order valence-corrected chi connectivity index (χ2v) is 5.68. The van der Waals surface area contributed by atoms with Crippen molar-refractivity contribution in [3.8, 4) is 0 Å². The summed E-state index contributed by atoms with van der Waals surface area (Å²) < 4.78 is 10.5. The molecule has 2 heterocycles. The first-order valence-corrected chi connectivity index (χ1v) is 7.18. The first-order chi connectivity index (χ1) is 10.8. The zero-order chi connectivity index (χ0) is 17.3. The fourth-order valence-electron chi connectivity index (χ4n) is 2.70. The van der Waals surface area contributed by atoms with Gasteiger partial charge in [0.1, 0.15) is 49.0 Å². The Bertz CT molecular complexity index is 383. The lowest BCUT2D eigenvalue weighted by Gasteiger charge is -2.45. The van der Waals surface area contributed by atoms with Gasteiger partial charge in [0.25, 0.3) is 0 Å². The Balaban J connectivity index is 2.11. The fourth-order valence-corrected chi connectivity index (χ4v) is 2.70. The summed E-state index contributed by atoms with van der Waals surface area (Å²) in [4.78, 5) is 0. The van der Waals surface area contributed by atoms with Crippen molar-refractivity contribution in [2.45, 2.75) is 61.3 Å². The molecule has 0 aromatic rings. The third kappa shape index (κ3) is 3.65. The minimum atomic E-state index is -1.69. The molecule has 0 unspecified atom stereocenters. The van der Waals surface area contributed by atoms with E-state index in [1.807, 2.05) is 0 Å². The predicted octanol–water partition coefficient (Wildman–Crippen LogP) is -5.82. The maximum atomic E-state index is 9.98. The molecule has 23 heavy (non-hydrogen) atoms. The molecule has 0 saturated carbocycles. The van der Waals surface area contributed by atoms with Crippen LogP contribution in [0.1, 0.15) is 0 Å². The van der Waals surface area contributed by atoms with Crippen LogP contribution < -0.4 is 5.32 Å². The zero-order valence-electron chi connectivity index (χ0n) is 12.1. The number of aliphatic hydroxyl groups is 8. The SMILES string of the molecule is OC[C@@H]1N[C@H](O)[C@@H](O)[C@H](O)[C@@H]1O[C@H]1O[C@@H](CO)[C@H](O)[C@@H](O)[C@@H]1O. The first-order valence-electron chi connectivity index (χ1n) is 7.18. The van der Waals surface area contributed by atoms with Gasteiger partial charge in [-0.2, -0.15) is 0 Å². The molecule has 9 N–H and O–H groups in total. The quantitative estimate of drug-likeness (QED) is 0.236. The van der Waals surface area contributed by atoms with E-state index in [1.54, 1.807) is 0 Å². The molecular formula is C12H23NO10. The number of nitrogens with one attached hydrogen (secondary N) is 1. The van der Waals surface area contributed by atoms with Crippen molar-refractivity contribution < 1.29 is 50.3 Å². The molecule has 136 valence electrons. The Kier molecular flexibility index (Phi) is 6.27. The summed E-state index contributed by atoms with van der Waals surface area (Å²) >= 11 is 0. The molecule has 0 radical (unpaired) electrons. The summed E-state index contributed by atoms with van der Waals surface area (Å²) in [6, 6.07) is -0.990. The van der Waals surface area contributed by atoms with Gasteiger partial charge in [-0.1, -0.05) is 0 Å². The van der Waals surface area contributed by atoms with Crippen LogP contribution >= 0.6 is 0 Å². The van der Waals surface area contributed by atoms with Crippen molar-refractivity contribution in [3.63, 3.8) is 0 Å². The number of hydrogen-bond acceptors (Lipinski definition) is 11. The standard InChI is InChI=1S/C12H23NO10/c14-1-3-10(7(18)8(19)11(21)13-3)23-12-9(20)6(17)5(16)4(2-15)22-12/h3-21H,1-2H2/t3-,4-,5-,6+,7-,8-,9-,10+,11+,12+/m0/s1. The Hall–Kier alpha value is -0.440. The normalized spacial score (nSPS) is 51.7. The lowest BCUT2D eigenvalue weighted by molar-refractivity contribution is -0.327. The van der Waals surface area contributed by atoms with E-state index in [2.05, 4.69) is 5.32 Å². The van der Waals surface area contributed by atoms with Gasteiger partial charge in [0.2, 0.25) is 0 Å². The van der Waals surface area contributed by atoms with Gasteiger partial charge in [0, 0.05) is 0 Å². The molecule has 0 aromatic heterocycles. The molecule has 2 fully saturated rings. The molecule has 2 rings (SSSR count). The van der Waals surface area contributed by atoms with Crippen LogP contribution in [-0.2, 0) is 9.47 Å². The first kappa shape index (κ1) is 18.9. The Morgan fingerprint density at radius 2 is 1.43 bits per heavy atom. The van der Waals surface area contributed by atoms with Gasteiger partial charge in [-0.25, -0.2) is 0 Å². The fraction of sp³-hybridized carbons (Fsp3) is 1.00.